The van der Waals surface area contributed by atoms with Crippen molar-refractivity contribution >= 4 is 11.4 Å². The van der Waals surface area contributed by atoms with E-state index >= 15 is 0 Å². The van der Waals surface area contributed by atoms with Gasteiger partial charge >= 0.3 is 6.61 Å². The molecule has 1 N–H and O–H groups in total. The Morgan fingerprint density at radius 3 is 2.48 bits per heavy atom. The Labute approximate surface area is 176 Å². The van der Waals surface area contributed by atoms with Crippen molar-refractivity contribution in [1.29, 1.82) is 0 Å². The molecule has 4 rings (SSSR count). The van der Waals surface area contributed by atoms with Gasteiger partial charge in [0.15, 0.2) is 0 Å². The highest BCUT2D eigenvalue weighted by Crippen LogP contribution is 2.38. The van der Waals surface area contributed by atoms with Crippen LogP contribution in [0.3, 0.4) is 0 Å². The third kappa shape index (κ3) is 4.84. The maximum atomic E-state index is 13.1. The molecule has 1 aromatic carbocycles. The first-order valence-corrected chi connectivity index (χ1v) is 9.37. The van der Waals surface area contributed by atoms with Gasteiger partial charge in [0, 0.05) is 11.6 Å². The Hall–Kier alpha value is -3.43. The van der Waals surface area contributed by atoms with Crippen LogP contribution in [-0.4, -0.2) is 49.6 Å². The summed E-state index contributed by atoms with van der Waals surface area (Å²) >= 11 is 0. The monoisotopic (exact) mass is 437 g/mol. The molecule has 0 unspecified atom stereocenters. The minimum atomic E-state index is -3.09. The number of halogens is 3. The SMILES string of the molecule is CF.COc1ccc2c(-c3cc(OC)c(C(=O)NC4CC4)c(OC(F)F)c3)cnn2c1. The maximum Gasteiger partial charge on any atom is 0.387 e. The van der Waals surface area contributed by atoms with Gasteiger partial charge < -0.3 is 19.5 Å². The lowest BCUT2D eigenvalue weighted by molar-refractivity contribution is -0.0502. The molecule has 1 aliphatic rings. The first-order valence-electron chi connectivity index (χ1n) is 9.37. The third-order valence-electron chi connectivity index (χ3n) is 4.68. The quantitative estimate of drug-likeness (QED) is 0.603. The van der Waals surface area contributed by atoms with E-state index in [9.17, 15) is 18.0 Å². The molecular formula is C21H22F3N3O4. The average molecular weight is 437 g/mol. The molecule has 166 valence electrons. The summed E-state index contributed by atoms with van der Waals surface area (Å²) in [5, 5.41) is 7.06. The van der Waals surface area contributed by atoms with Gasteiger partial charge in [-0.3, -0.25) is 9.18 Å². The molecule has 1 fully saturated rings. The first-order chi connectivity index (χ1) is 15.0. The zero-order chi connectivity index (χ0) is 22.5. The van der Waals surface area contributed by atoms with Crippen molar-refractivity contribution in [2.45, 2.75) is 25.5 Å². The smallest absolute Gasteiger partial charge is 0.387 e. The minimum absolute atomic E-state index is 0.0541. The van der Waals surface area contributed by atoms with Crippen molar-refractivity contribution in [3.05, 3.63) is 42.2 Å². The van der Waals surface area contributed by atoms with E-state index in [-0.39, 0.29) is 23.1 Å². The summed E-state index contributed by atoms with van der Waals surface area (Å²) in [7, 11) is 3.43. The van der Waals surface area contributed by atoms with Crippen LogP contribution in [0.1, 0.15) is 23.2 Å². The van der Waals surface area contributed by atoms with Gasteiger partial charge in [-0.1, -0.05) is 0 Å². The third-order valence-corrected chi connectivity index (χ3v) is 4.68. The fraction of sp³-hybridized carbons (Fsp3) is 0.333. The Bertz CT molecular complexity index is 1070. The molecule has 1 amide bonds. The van der Waals surface area contributed by atoms with Crippen molar-refractivity contribution in [2.24, 2.45) is 0 Å². The number of alkyl halides is 3. The van der Waals surface area contributed by atoms with Gasteiger partial charge in [0.05, 0.1) is 39.3 Å². The zero-order valence-electron chi connectivity index (χ0n) is 17.2. The number of methoxy groups -OCH3 is 2. The molecule has 2 aromatic heterocycles. The van der Waals surface area contributed by atoms with Gasteiger partial charge in [-0.05, 0) is 42.7 Å². The average Bonchev–Trinajstić information content (AvgIpc) is 3.48. The number of hydrogen-bond donors (Lipinski definition) is 1. The molecule has 7 nitrogen and oxygen atoms in total. The van der Waals surface area contributed by atoms with Crippen molar-refractivity contribution in [3.63, 3.8) is 0 Å². The van der Waals surface area contributed by atoms with Gasteiger partial charge in [-0.2, -0.15) is 13.9 Å². The van der Waals surface area contributed by atoms with Crippen LogP contribution in [0.4, 0.5) is 13.2 Å². The number of carbonyl (C=O) groups excluding carboxylic acids is 1. The van der Waals surface area contributed by atoms with Gasteiger partial charge in [-0.15, -0.1) is 0 Å². The van der Waals surface area contributed by atoms with Crippen LogP contribution in [0.2, 0.25) is 0 Å². The van der Waals surface area contributed by atoms with E-state index in [0.717, 1.165) is 18.4 Å². The fourth-order valence-corrected chi connectivity index (χ4v) is 3.11. The van der Waals surface area contributed by atoms with Crippen molar-refractivity contribution in [3.8, 4) is 28.4 Å². The van der Waals surface area contributed by atoms with Gasteiger partial charge in [-0.25, -0.2) is 4.52 Å². The zero-order valence-corrected chi connectivity index (χ0v) is 17.2. The Morgan fingerprint density at radius 1 is 1.16 bits per heavy atom. The number of aromatic nitrogens is 2. The topological polar surface area (TPSA) is 74.1 Å². The standard InChI is InChI=1S/C20H19F2N3O4.CH3F/c1-27-13-5-6-15-14(9-23-25(15)10-13)11-7-16(28-2)18(17(8-11)29-20(21)22)19(26)24-12-3-4-12;1-2/h5-10,12,20H,3-4H2,1-2H3,(H,24,26);1H3. The summed E-state index contributed by atoms with van der Waals surface area (Å²) in [6.45, 7) is -3.09. The summed E-state index contributed by atoms with van der Waals surface area (Å²) in [5.74, 6) is 0.0132. The number of hydrogen-bond acceptors (Lipinski definition) is 5. The van der Waals surface area contributed by atoms with E-state index in [1.165, 1.54) is 13.2 Å². The lowest BCUT2D eigenvalue weighted by Gasteiger charge is -2.16. The second-order valence-corrected chi connectivity index (χ2v) is 6.63. The molecular weight excluding hydrogens is 415 g/mol. The van der Waals surface area contributed by atoms with Crippen molar-refractivity contribution < 1.29 is 32.2 Å². The number of rotatable bonds is 7. The van der Waals surface area contributed by atoms with Crippen LogP contribution >= 0.6 is 0 Å². The summed E-state index contributed by atoms with van der Waals surface area (Å²) in [6.07, 6.45) is 5.02. The molecule has 0 radical (unpaired) electrons. The molecule has 0 atom stereocenters. The van der Waals surface area contributed by atoms with Crippen molar-refractivity contribution in [2.75, 3.05) is 21.4 Å². The first kappa shape index (κ1) is 22.3. The molecule has 31 heavy (non-hydrogen) atoms. The highest BCUT2D eigenvalue weighted by molar-refractivity contribution is 6.01. The van der Waals surface area contributed by atoms with E-state index in [2.05, 4.69) is 15.2 Å². The van der Waals surface area contributed by atoms with Crippen LogP contribution in [-0.2, 0) is 0 Å². The molecule has 0 aliphatic heterocycles. The molecule has 1 saturated carbocycles. The largest absolute Gasteiger partial charge is 0.496 e. The van der Waals surface area contributed by atoms with Crippen LogP contribution in [0, 0.1) is 0 Å². The second-order valence-electron chi connectivity index (χ2n) is 6.63. The van der Waals surface area contributed by atoms with Gasteiger partial charge in [0.25, 0.3) is 5.91 Å². The predicted molar refractivity (Wildman–Crippen MR) is 108 cm³/mol. The molecule has 10 heteroatoms. The van der Waals surface area contributed by atoms with Gasteiger partial charge in [0.1, 0.15) is 22.8 Å². The van der Waals surface area contributed by atoms with E-state index in [4.69, 9.17) is 9.47 Å². The molecule has 0 spiro atoms. The molecule has 0 saturated heterocycles. The summed E-state index contributed by atoms with van der Waals surface area (Å²) in [5.41, 5.74) is 1.87. The Kier molecular flexibility index (Phi) is 6.88. The lowest BCUT2D eigenvalue weighted by Crippen LogP contribution is -2.26. The number of amides is 1. The number of benzene rings is 1. The Balaban J connectivity index is 0.00000132. The number of ether oxygens (including phenoxy) is 3. The van der Waals surface area contributed by atoms with E-state index < -0.39 is 12.5 Å². The number of nitrogens with one attached hydrogen (secondary N) is 1. The number of fused-ring (bicyclic) bond motifs is 1. The lowest BCUT2D eigenvalue weighted by atomic mass is 10.0. The van der Waals surface area contributed by atoms with Crippen LogP contribution in [0.15, 0.2) is 36.7 Å². The van der Waals surface area contributed by atoms with Gasteiger partial charge in [0.2, 0.25) is 0 Å². The van der Waals surface area contributed by atoms with Crippen molar-refractivity contribution in [1.82, 2.24) is 14.9 Å². The second kappa shape index (κ2) is 9.59. The highest BCUT2D eigenvalue weighted by atomic mass is 19.3. The molecule has 0 bridgehead atoms. The molecule has 3 aromatic rings. The molecule has 1 aliphatic carbocycles. The van der Waals surface area contributed by atoms with E-state index in [0.29, 0.717) is 24.1 Å². The van der Waals surface area contributed by atoms with Crippen LogP contribution in [0.5, 0.6) is 17.2 Å². The van der Waals surface area contributed by atoms with Crippen LogP contribution < -0.4 is 19.5 Å². The highest BCUT2D eigenvalue weighted by Gasteiger charge is 2.29. The summed E-state index contributed by atoms with van der Waals surface area (Å²) in [6, 6.07) is 6.64. The summed E-state index contributed by atoms with van der Waals surface area (Å²) < 4.78 is 52.4. The molecule has 2 heterocycles. The van der Waals surface area contributed by atoms with E-state index in [1.807, 2.05) is 0 Å². The summed E-state index contributed by atoms with van der Waals surface area (Å²) in [4.78, 5) is 12.6. The fourth-order valence-electron chi connectivity index (χ4n) is 3.11. The minimum Gasteiger partial charge on any atom is -0.496 e. The van der Waals surface area contributed by atoms with E-state index in [1.54, 1.807) is 42.2 Å². The predicted octanol–water partition coefficient (Wildman–Crippen LogP) is 4.10. The number of nitrogens with zero attached hydrogens (tertiary/aromatic N) is 2. The normalized spacial score (nSPS) is 12.9. The van der Waals surface area contributed by atoms with Crippen LogP contribution in [0.25, 0.3) is 16.6 Å². The Morgan fingerprint density at radius 2 is 1.87 bits per heavy atom. The maximum absolute atomic E-state index is 13.1. The number of carbonyl (C=O) groups is 1. The number of pyridine rings is 1.